The molecule has 8 nitrogen and oxygen atoms in total. The van der Waals surface area contributed by atoms with Gasteiger partial charge in [-0.2, -0.15) is 0 Å². The Hall–Kier alpha value is -4.15. The van der Waals surface area contributed by atoms with E-state index in [1.54, 1.807) is 54.6 Å². The molecule has 1 heterocycles. The molecule has 34 heavy (non-hydrogen) atoms. The normalized spacial score (nSPS) is 12.3. The van der Waals surface area contributed by atoms with Gasteiger partial charge in [0.05, 0.1) is 10.4 Å². The van der Waals surface area contributed by atoms with Gasteiger partial charge in [0.25, 0.3) is 5.91 Å². The maximum atomic E-state index is 14.9. The number of aromatic nitrogens is 2. The van der Waals surface area contributed by atoms with Crippen LogP contribution >= 0.6 is 0 Å². The molecule has 0 bridgehead atoms. The van der Waals surface area contributed by atoms with Crippen LogP contribution in [0.2, 0.25) is 0 Å². The number of nitrogens with two attached hydrogens (primary N) is 2. The molecule has 10 heteroatoms. The maximum absolute atomic E-state index is 14.9. The van der Waals surface area contributed by atoms with Crippen molar-refractivity contribution in [2.24, 2.45) is 5.14 Å². The van der Waals surface area contributed by atoms with Crippen molar-refractivity contribution in [1.82, 2.24) is 9.97 Å². The van der Waals surface area contributed by atoms with E-state index in [9.17, 15) is 17.6 Å². The fraction of sp³-hybridized carbons (Fsp3) is 0.0417. The van der Waals surface area contributed by atoms with E-state index < -0.39 is 21.8 Å². The second-order valence-corrected chi connectivity index (χ2v) is 8.99. The minimum Gasteiger partial charge on any atom is -0.383 e. The first kappa shape index (κ1) is 23.0. The zero-order chi connectivity index (χ0) is 24.5. The van der Waals surface area contributed by atoms with Gasteiger partial charge >= 0.3 is 0 Å². The van der Waals surface area contributed by atoms with Crippen LogP contribution in [0.3, 0.4) is 0 Å². The third-order valence-corrected chi connectivity index (χ3v) is 6.11. The third kappa shape index (κ3) is 4.63. The summed E-state index contributed by atoms with van der Waals surface area (Å²) in [7, 11) is -3.92. The van der Waals surface area contributed by atoms with E-state index in [1.807, 2.05) is 0 Å². The van der Waals surface area contributed by atoms with Crippen LogP contribution in [0.25, 0.3) is 27.6 Å². The maximum Gasteiger partial charge on any atom is 0.284 e. The number of anilines is 2. The lowest BCUT2D eigenvalue weighted by Crippen LogP contribution is -2.14. The van der Waals surface area contributed by atoms with Crippen LogP contribution in [0.5, 0.6) is 0 Å². The van der Waals surface area contributed by atoms with E-state index in [0.717, 1.165) is 0 Å². The summed E-state index contributed by atoms with van der Waals surface area (Å²) >= 11 is 0. The number of allylic oxidation sites excluding steroid dienone is 1. The number of halogens is 1. The number of benzene rings is 3. The average Bonchev–Trinajstić information content (AvgIpc) is 2.83. The van der Waals surface area contributed by atoms with Crippen LogP contribution in [-0.4, -0.2) is 24.3 Å². The number of sulfonamides is 1. The Labute approximate surface area is 195 Å². The number of amides is 1. The minimum absolute atomic E-state index is 0.0128. The molecule has 0 saturated carbocycles. The lowest BCUT2D eigenvalue weighted by atomic mass is 10.1. The lowest BCUT2D eigenvalue weighted by Gasteiger charge is -2.10. The van der Waals surface area contributed by atoms with Gasteiger partial charge in [0.1, 0.15) is 5.82 Å². The number of carbonyl (C=O) groups excluding carboxylic acids is 1. The van der Waals surface area contributed by atoms with Gasteiger partial charge in [0.2, 0.25) is 10.0 Å². The predicted octanol–water partition coefficient (Wildman–Crippen LogP) is 3.87. The largest absolute Gasteiger partial charge is 0.383 e. The molecule has 1 amide bonds. The van der Waals surface area contributed by atoms with E-state index >= 15 is 0 Å². The van der Waals surface area contributed by atoms with Crippen molar-refractivity contribution in [3.05, 3.63) is 84.4 Å². The van der Waals surface area contributed by atoms with Crippen LogP contribution in [0.15, 0.2) is 83.5 Å². The van der Waals surface area contributed by atoms with Gasteiger partial charge in [-0.05, 0) is 42.8 Å². The molecule has 0 aliphatic rings. The van der Waals surface area contributed by atoms with E-state index in [4.69, 9.17) is 10.9 Å². The highest BCUT2D eigenvalue weighted by molar-refractivity contribution is 7.89. The Morgan fingerprint density at radius 1 is 0.941 bits per heavy atom. The van der Waals surface area contributed by atoms with Crippen LogP contribution in [0.1, 0.15) is 12.7 Å². The Bertz CT molecular complexity index is 1550. The number of primary sulfonamides is 1. The van der Waals surface area contributed by atoms with Crippen molar-refractivity contribution in [2.45, 2.75) is 11.8 Å². The first-order valence-electron chi connectivity index (χ1n) is 10.1. The number of nitrogens with one attached hydrogen (secondary N) is 1. The zero-order valence-corrected chi connectivity index (χ0v) is 18.8. The Morgan fingerprint density at radius 2 is 1.59 bits per heavy atom. The van der Waals surface area contributed by atoms with Gasteiger partial charge < -0.3 is 11.1 Å². The van der Waals surface area contributed by atoms with Gasteiger partial charge in [0.15, 0.2) is 11.7 Å². The molecule has 0 aliphatic heterocycles. The van der Waals surface area contributed by atoms with Gasteiger partial charge in [-0.15, -0.1) is 0 Å². The SMILES string of the molecule is CC(=C(F)C(=O)Nc1ccc(-c2ccccc2S(N)(=O)=O)cc1)c1nc(N)c2ccccc2n1. The van der Waals surface area contributed by atoms with Crippen molar-refractivity contribution in [3.8, 4) is 11.1 Å². The number of rotatable bonds is 5. The highest BCUT2D eigenvalue weighted by atomic mass is 32.2. The first-order valence-corrected chi connectivity index (χ1v) is 11.6. The summed E-state index contributed by atoms with van der Waals surface area (Å²) in [5.74, 6) is -1.84. The Kier molecular flexibility index (Phi) is 6.10. The van der Waals surface area contributed by atoms with E-state index in [-0.39, 0.29) is 22.1 Å². The number of fused-ring (bicyclic) bond motifs is 1. The van der Waals surface area contributed by atoms with Crippen molar-refractivity contribution >= 4 is 43.9 Å². The second kappa shape index (κ2) is 9.00. The Morgan fingerprint density at radius 3 is 2.29 bits per heavy atom. The smallest absolute Gasteiger partial charge is 0.284 e. The molecule has 3 aromatic carbocycles. The summed E-state index contributed by atoms with van der Waals surface area (Å²) in [6.45, 7) is 1.39. The molecular formula is C24H20FN5O3S. The lowest BCUT2D eigenvalue weighted by molar-refractivity contribution is -0.114. The average molecular weight is 478 g/mol. The fourth-order valence-corrected chi connectivity index (χ4v) is 4.17. The summed E-state index contributed by atoms with van der Waals surface area (Å²) < 4.78 is 38.6. The minimum atomic E-state index is -3.92. The summed E-state index contributed by atoms with van der Waals surface area (Å²) in [4.78, 5) is 20.9. The summed E-state index contributed by atoms with van der Waals surface area (Å²) in [5, 5.41) is 8.39. The number of nitrogen functional groups attached to an aromatic ring is 1. The van der Waals surface area contributed by atoms with Crippen LogP contribution in [0, 0.1) is 0 Å². The van der Waals surface area contributed by atoms with Crippen molar-refractivity contribution < 1.29 is 17.6 Å². The molecule has 0 atom stereocenters. The number of nitrogens with zero attached hydrogens (tertiary/aromatic N) is 2. The molecule has 0 saturated heterocycles. The molecule has 4 aromatic rings. The zero-order valence-electron chi connectivity index (χ0n) is 18.0. The van der Waals surface area contributed by atoms with E-state index in [0.29, 0.717) is 27.7 Å². The van der Waals surface area contributed by atoms with Crippen LogP contribution in [-0.2, 0) is 14.8 Å². The van der Waals surface area contributed by atoms with Gasteiger partial charge in [-0.25, -0.2) is 27.9 Å². The molecule has 0 fully saturated rings. The molecule has 5 N–H and O–H groups in total. The Balaban J connectivity index is 1.58. The van der Waals surface area contributed by atoms with E-state index in [2.05, 4.69) is 15.3 Å². The standard InChI is InChI=1S/C24H20FN5O3S/c1-14(23-29-19-8-4-2-7-18(19)22(26)30-23)21(25)24(31)28-16-12-10-15(11-13-16)17-6-3-5-9-20(17)34(27,32)33/h2-13H,1H3,(H,28,31)(H2,26,29,30)(H2,27,32,33). The van der Waals surface area contributed by atoms with Gasteiger partial charge in [-0.3, -0.25) is 4.79 Å². The van der Waals surface area contributed by atoms with Gasteiger partial charge in [0, 0.05) is 22.2 Å². The molecule has 0 aliphatic carbocycles. The first-order chi connectivity index (χ1) is 16.1. The molecule has 1 aromatic heterocycles. The number of hydrogen-bond acceptors (Lipinski definition) is 6. The third-order valence-electron chi connectivity index (χ3n) is 5.14. The fourth-order valence-electron chi connectivity index (χ4n) is 3.41. The van der Waals surface area contributed by atoms with Crippen molar-refractivity contribution in [2.75, 3.05) is 11.1 Å². The number of para-hydroxylation sites is 1. The topological polar surface area (TPSA) is 141 Å². The summed E-state index contributed by atoms with van der Waals surface area (Å²) in [6.07, 6.45) is 0. The van der Waals surface area contributed by atoms with Crippen molar-refractivity contribution in [3.63, 3.8) is 0 Å². The molecular weight excluding hydrogens is 457 g/mol. The predicted molar refractivity (Wildman–Crippen MR) is 130 cm³/mol. The molecule has 4 rings (SSSR count). The second-order valence-electron chi connectivity index (χ2n) is 7.46. The monoisotopic (exact) mass is 477 g/mol. The summed E-state index contributed by atoms with van der Waals surface area (Å²) in [6, 6.07) is 19.6. The van der Waals surface area contributed by atoms with Crippen LogP contribution < -0.4 is 16.2 Å². The van der Waals surface area contributed by atoms with Gasteiger partial charge in [-0.1, -0.05) is 42.5 Å². The summed E-state index contributed by atoms with van der Waals surface area (Å²) in [5.41, 5.74) is 7.71. The quantitative estimate of drug-likeness (QED) is 0.373. The van der Waals surface area contributed by atoms with Crippen molar-refractivity contribution in [1.29, 1.82) is 0 Å². The highest BCUT2D eigenvalue weighted by Crippen LogP contribution is 2.28. The highest BCUT2D eigenvalue weighted by Gasteiger charge is 2.18. The molecule has 0 spiro atoms. The molecule has 0 unspecified atom stereocenters. The van der Waals surface area contributed by atoms with E-state index in [1.165, 1.54) is 25.1 Å². The number of hydrogen-bond donors (Lipinski definition) is 3. The van der Waals surface area contributed by atoms with Crippen LogP contribution in [0.4, 0.5) is 15.9 Å². The molecule has 0 radical (unpaired) electrons. The number of carbonyl (C=O) groups is 1. The molecule has 172 valence electrons.